The van der Waals surface area contributed by atoms with Crippen LogP contribution in [0.15, 0.2) is 81.8 Å². The van der Waals surface area contributed by atoms with E-state index < -0.39 is 11.8 Å². The van der Waals surface area contributed by atoms with Crippen molar-refractivity contribution in [1.82, 2.24) is 10.3 Å². The Bertz CT molecular complexity index is 2080. The number of carbonyl (C=O) groups is 2. The predicted molar refractivity (Wildman–Crippen MR) is 194 cm³/mol. The number of benzene rings is 4. The Hall–Kier alpha value is -5.00. The van der Waals surface area contributed by atoms with E-state index >= 15 is 0 Å². The van der Waals surface area contributed by atoms with Crippen molar-refractivity contribution in [2.75, 3.05) is 24.9 Å². The number of anilines is 2. The molecule has 0 unspecified atom stereocenters. The van der Waals surface area contributed by atoms with Crippen LogP contribution in [0.3, 0.4) is 0 Å². The Morgan fingerprint density at radius 3 is 1.30 bits per heavy atom. The maximum atomic E-state index is 13.6. The highest BCUT2D eigenvalue weighted by Crippen LogP contribution is 2.40. The van der Waals surface area contributed by atoms with Crippen molar-refractivity contribution >= 4 is 69.6 Å². The van der Waals surface area contributed by atoms with Gasteiger partial charge in [-0.2, -0.15) is 0 Å². The molecule has 254 valence electrons. The van der Waals surface area contributed by atoms with Crippen molar-refractivity contribution < 1.29 is 28.1 Å². The minimum atomic E-state index is -0.495. The number of methoxy groups -OCH3 is 2. The standard InChI is InChI=1S/C36H26Cl4N4O6/c1-17-29(33(43-49-17)31-21(37)7-5-8-22(31)38)35(45)41-25-13-11-19(15-27(25)47-3)20-12-14-26(28(16-20)48-4)42-36(46)30-18(2)50-44-34(30)32-23(39)9-6-10-24(32)40/h5-16H,1-4H3,(H,41,45)(H,42,46). The van der Waals surface area contributed by atoms with Crippen LogP contribution in [0.4, 0.5) is 11.4 Å². The van der Waals surface area contributed by atoms with E-state index in [0.717, 1.165) is 11.1 Å². The van der Waals surface area contributed by atoms with Crippen LogP contribution in [-0.2, 0) is 0 Å². The number of nitrogens with zero attached hydrogens (tertiary/aromatic N) is 2. The lowest BCUT2D eigenvalue weighted by Crippen LogP contribution is -2.14. The number of rotatable bonds is 9. The smallest absolute Gasteiger partial charge is 0.261 e. The maximum absolute atomic E-state index is 13.6. The van der Waals surface area contributed by atoms with Gasteiger partial charge in [-0.15, -0.1) is 0 Å². The van der Waals surface area contributed by atoms with E-state index in [1.807, 2.05) is 0 Å². The zero-order valence-electron chi connectivity index (χ0n) is 26.8. The summed E-state index contributed by atoms with van der Waals surface area (Å²) in [5, 5.41) is 15.2. The molecule has 0 aliphatic rings. The monoisotopic (exact) mass is 750 g/mol. The number of aromatic nitrogens is 2. The molecule has 50 heavy (non-hydrogen) atoms. The van der Waals surface area contributed by atoms with Crippen molar-refractivity contribution in [3.63, 3.8) is 0 Å². The second-order valence-corrected chi connectivity index (χ2v) is 12.5. The zero-order chi connectivity index (χ0) is 35.7. The van der Waals surface area contributed by atoms with E-state index in [9.17, 15) is 9.59 Å². The van der Waals surface area contributed by atoms with Crippen molar-refractivity contribution in [3.05, 3.63) is 116 Å². The minimum Gasteiger partial charge on any atom is -0.495 e. The molecule has 2 N–H and O–H groups in total. The van der Waals surface area contributed by atoms with E-state index in [-0.39, 0.29) is 34.0 Å². The topological polar surface area (TPSA) is 129 Å². The predicted octanol–water partition coefficient (Wildman–Crippen LogP) is 10.4. The van der Waals surface area contributed by atoms with Crippen LogP contribution in [0.5, 0.6) is 11.5 Å². The second kappa shape index (κ2) is 14.5. The molecular formula is C36H26Cl4N4O6. The molecule has 0 saturated heterocycles. The molecule has 0 fully saturated rings. The van der Waals surface area contributed by atoms with E-state index in [0.29, 0.717) is 54.1 Å². The summed E-state index contributed by atoms with van der Waals surface area (Å²) in [7, 11) is 2.98. The highest BCUT2D eigenvalue weighted by Gasteiger charge is 2.27. The molecule has 0 spiro atoms. The van der Waals surface area contributed by atoms with Gasteiger partial charge in [0.05, 0.1) is 45.7 Å². The molecule has 10 nitrogen and oxygen atoms in total. The van der Waals surface area contributed by atoms with Gasteiger partial charge in [-0.25, -0.2) is 0 Å². The van der Waals surface area contributed by atoms with Gasteiger partial charge in [0.1, 0.15) is 45.5 Å². The van der Waals surface area contributed by atoms with E-state index in [1.54, 1.807) is 86.6 Å². The van der Waals surface area contributed by atoms with Crippen molar-refractivity contribution in [2.45, 2.75) is 13.8 Å². The quantitative estimate of drug-likeness (QED) is 0.149. The SMILES string of the molecule is COc1cc(-c2ccc(NC(=O)c3c(-c4c(Cl)cccc4Cl)noc3C)c(OC)c2)ccc1NC(=O)c1c(-c2c(Cl)cccc2Cl)noc1C. The molecular weight excluding hydrogens is 726 g/mol. The Morgan fingerprint density at radius 1 is 0.600 bits per heavy atom. The fraction of sp³-hybridized carbons (Fsp3) is 0.111. The van der Waals surface area contributed by atoms with Crippen LogP contribution in [0.25, 0.3) is 33.6 Å². The fourth-order valence-corrected chi connectivity index (χ4v) is 6.54. The molecule has 6 aromatic rings. The number of hydrogen-bond donors (Lipinski definition) is 2. The lowest BCUT2D eigenvalue weighted by molar-refractivity contribution is 0.101. The molecule has 0 aliphatic heterocycles. The summed E-state index contributed by atoms with van der Waals surface area (Å²) < 4.78 is 22.0. The number of halogens is 4. The lowest BCUT2D eigenvalue weighted by Gasteiger charge is -2.15. The zero-order valence-corrected chi connectivity index (χ0v) is 29.8. The summed E-state index contributed by atoms with van der Waals surface area (Å²) >= 11 is 25.6. The highest BCUT2D eigenvalue weighted by atomic mass is 35.5. The first-order chi connectivity index (χ1) is 24.0. The summed E-state index contributed by atoms with van der Waals surface area (Å²) in [6.07, 6.45) is 0. The molecule has 6 rings (SSSR count). The maximum Gasteiger partial charge on any atom is 0.261 e. The van der Waals surface area contributed by atoms with Crippen LogP contribution in [0.2, 0.25) is 20.1 Å². The third-order valence-corrected chi connectivity index (χ3v) is 9.07. The van der Waals surface area contributed by atoms with Gasteiger partial charge in [0, 0.05) is 11.1 Å². The number of amides is 2. The van der Waals surface area contributed by atoms with Crippen molar-refractivity contribution in [1.29, 1.82) is 0 Å². The Morgan fingerprint density at radius 2 is 0.960 bits per heavy atom. The van der Waals surface area contributed by atoms with Crippen LogP contribution < -0.4 is 20.1 Å². The summed E-state index contributed by atoms with van der Waals surface area (Å²) in [6, 6.07) is 20.5. The second-order valence-electron chi connectivity index (χ2n) is 10.9. The molecule has 0 saturated carbocycles. The van der Waals surface area contributed by atoms with Gasteiger partial charge < -0.3 is 29.2 Å². The first-order valence-electron chi connectivity index (χ1n) is 14.8. The van der Waals surface area contributed by atoms with Crippen molar-refractivity contribution in [3.8, 4) is 45.1 Å². The third kappa shape index (κ3) is 6.63. The Balaban J connectivity index is 1.26. The number of aryl methyl sites for hydroxylation is 2. The van der Waals surface area contributed by atoms with Crippen molar-refractivity contribution in [2.24, 2.45) is 0 Å². The molecule has 0 radical (unpaired) electrons. The molecule has 4 aromatic carbocycles. The van der Waals surface area contributed by atoms with Crippen LogP contribution in [0.1, 0.15) is 32.2 Å². The lowest BCUT2D eigenvalue weighted by atomic mass is 10.0. The van der Waals surface area contributed by atoms with Gasteiger partial charge in [0.15, 0.2) is 0 Å². The Labute approximate surface area is 306 Å². The van der Waals surface area contributed by atoms with E-state index in [1.165, 1.54) is 14.2 Å². The molecule has 2 amide bonds. The van der Waals surface area contributed by atoms with Gasteiger partial charge in [-0.3, -0.25) is 9.59 Å². The minimum absolute atomic E-state index is 0.178. The summed E-state index contributed by atoms with van der Waals surface area (Å²) in [5.41, 5.74) is 3.83. The first-order valence-corrected chi connectivity index (χ1v) is 16.3. The summed E-state index contributed by atoms with van der Waals surface area (Å²) in [4.78, 5) is 27.1. The average molecular weight is 752 g/mol. The molecule has 0 bridgehead atoms. The molecule has 0 atom stereocenters. The molecule has 2 aromatic heterocycles. The van der Waals surface area contributed by atoms with Gasteiger partial charge in [0.25, 0.3) is 11.8 Å². The van der Waals surface area contributed by atoms with Crippen LogP contribution >= 0.6 is 46.4 Å². The van der Waals surface area contributed by atoms with Gasteiger partial charge in [0.2, 0.25) is 0 Å². The van der Waals surface area contributed by atoms with Gasteiger partial charge in [-0.05, 0) is 73.5 Å². The van der Waals surface area contributed by atoms with Crippen LogP contribution in [0, 0.1) is 13.8 Å². The van der Waals surface area contributed by atoms with Gasteiger partial charge >= 0.3 is 0 Å². The highest BCUT2D eigenvalue weighted by molar-refractivity contribution is 6.40. The average Bonchev–Trinajstić information content (AvgIpc) is 3.66. The van der Waals surface area contributed by atoms with E-state index in [2.05, 4.69) is 20.9 Å². The number of ether oxygens (including phenoxy) is 2. The Kier molecular flexibility index (Phi) is 10.1. The number of nitrogens with one attached hydrogen (secondary N) is 2. The van der Waals surface area contributed by atoms with Crippen LogP contribution in [-0.4, -0.2) is 36.3 Å². The normalized spacial score (nSPS) is 11.0. The molecule has 0 aliphatic carbocycles. The number of carbonyl (C=O) groups excluding carboxylic acids is 2. The summed E-state index contributed by atoms with van der Waals surface area (Å²) in [6.45, 7) is 3.24. The largest absolute Gasteiger partial charge is 0.495 e. The third-order valence-electron chi connectivity index (χ3n) is 7.81. The molecule has 2 heterocycles. The molecule has 14 heteroatoms. The van der Waals surface area contributed by atoms with Gasteiger partial charge in [-0.1, -0.05) is 81.0 Å². The van der Waals surface area contributed by atoms with E-state index in [4.69, 9.17) is 64.9 Å². The first kappa shape index (κ1) is 34.8. The fourth-order valence-electron chi connectivity index (χ4n) is 5.39. The number of hydrogen-bond acceptors (Lipinski definition) is 8. The summed E-state index contributed by atoms with van der Waals surface area (Å²) in [5.74, 6) is 0.341.